The lowest BCUT2D eigenvalue weighted by atomic mass is 9.79. The molecule has 0 N–H and O–H groups in total. The molecule has 10 heteroatoms. The second-order valence-corrected chi connectivity index (χ2v) is 17.7. The summed E-state index contributed by atoms with van der Waals surface area (Å²) in [6.45, 7) is 4.87. The summed E-state index contributed by atoms with van der Waals surface area (Å²) >= 11 is 0. The zero-order valence-corrected chi connectivity index (χ0v) is 35.6. The molecule has 0 atom stereocenters. The van der Waals surface area contributed by atoms with Crippen molar-refractivity contribution in [1.29, 1.82) is 0 Å². The number of benzene rings is 4. The zero-order valence-electron chi connectivity index (χ0n) is 35.6. The predicted octanol–water partition coefficient (Wildman–Crippen LogP) is 16.4. The van der Waals surface area contributed by atoms with Crippen molar-refractivity contribution in [2.75, 3.05) is 13.2 Å². The van der Waals surface area contributed by atoms with E-state index in [9.17, 15) is 8.78 Å². The third-order valence-corrected chi connectivity index (χ3v) is 13.0. The number of rotatable bonds is 20. The lowest BCUT2D eigenvalue weighted by Gasteiger charge is -2.27. The number of halogens is 8. The van der Waals surface area contributed by atoms with Gasteiger partial charge < -0.3 is 9.47 Å². The average molecular weight is 857 g/mol. The van der Waals surface area contributed by atoms with Gasteiger partial charge in [0.1, 0.15) is 23.1 Å². The van der Waals surface area contributed by atoms with Crippen LogP contribution in [0.15, 0.2) is 60.7 Å². The Morgan fingerprint density at radius 1 is 0.443 bits per heavy atom. The Bertz CT molecular complexity index is 1890. The number of ether oxygens (including phenoxy) is 2. The maximum Gasteiger partial charge on any atom is 0.248 e. The molecule has 0 aromatic heterocycles. The summed E-state index contributed by atoms with van der Waals surface area (Å²) < 4.78 is 131. The van der Waals surface area contributed by atoms with Gasteiger partial charge in [0, 0.05) is 47.2 Å². The summed E-state index contributed by atoms with van der Waals surface area (Å²) in [5, 5.41) is 0. The molecule has 6 rings (SSSR count). The van der Waals surface area contributed by atoms with Gasteiger partial charge in [-0.25, -0.2) is 35.1 Å². The molecule has 0 radical (unpaired) electrons. The molecular weight excluding hydrogens is 797 g/mol. The fourth-order valence-corrected chi connectivity index (χ4v) is 9.11. The normalized spacial score (nSPS) is 19.6. The number of unbranched alkanes of at least 4 members (excludes halogenated alkanes) is 6. The molecular formula is C51H60F8O2. The van der Waals surface area contributed by atoms with Crippen LogP contribution >= 0.6 is 0 Å². The highest BCUT2D eigenvalue weighted by Crippen LogP contribution is 2.41. The van der Waals surface area contributed by atoms with Gasteiger partial charge in [-0.2, -0.15) is 0 Å². The molecule has 0 bridgehead atoms. The minimum atomic E-state index is -2.76. The molecule has 0 spiro atoms. The molecule has 0 unspecified atom stereocenters. The van der Waals surface area contributed by atoms with Crippen molar-refractivity contribution in [2.45, 2.75) is 147 Å². The minimum absolute atomic E-state index is 0.0308. The van der Waals surface area contributed by atoms with Gasteiger partial charge in [-0.3, -0.25) is 0 Å². The molecule has 4 aromatic carbocycles. The first kappa shape index (κ1) is 46.4. The Hall–Kier alpha value is -4.08. The van der Waals surface area contributed by atoms with Crippen LogP contribution in [0.5, 0.6) is 11.5 Å². The van der Waals surface area contributed by atoms with Crippen LogP contribution in [0.2, 0.25) is 0 Å². The van der Waals surface area contributed by atoms with E-state index in [0.29, 0.717) is 74.3 Å². The number of hydrogen-bond donors (Lipinski definition) is 0. The summed E-state index contributed by atoms with van der Waals surface area (Å²) in [6, 6.07) is 14.2. The van der Waals surface area contributed by atoms with Gasteiger partial charge in [0.05, 0.1) is 13.2 Å². The van der Waals surface area contributed by atoms with E-state index in [4.69, 9.17) is 9.47 Å². The maximum atomic E-state index is 15.1. The van der Waals surface area contributed by atoms with Crippen molar-refractivity contribution in [3.63, 3.8) is 0 Å². The molecule has 4 aromatic rings. The van der Waals surface area contributed by atoms with Gasteiger partial charge >= 0.3 is 0 Å². The maximum absolute atomic E-state index is 15.1. The first-order valence-electron chi connectivity index (χ1n) is 22.5. The zero-order chi connectivity index (χ0) is 43.5. The van der Waals surface area contributed by atoms with Gasteiger partial charge in [-0.1, -0.05) is 89.5 Å². The molecule has 61 heavy (non-hydrogen) atoms. The summed E-state index contributed by atoms with van der Waals surface area (Å²) in [5.41, 5.74) is 0.374. The minimum Gasteiger partial charge on any atom is -0.493 e. The lowest BCUT2D eigenvalue weighted by molar-refractivity contribution is -0.0207. The van der Waals surface area contributed by atoms with Crippen molar-refractivity contribution in [3.05, 3.63) is 107 Å². The highest BCUT2D eigenvalue weighted by Gasteiger charge is 2.29. The molecule has 2 aliphatic rings. The second kappa shape index (κ2) is 21.8. The largest absolute Gasteiger partial charge is 0.493 e. The molecule has 2 saturated carbocycles. The Morgan fingerprint density at radius 3 is 1.18 bits per heavy atom. The Morgan fingerprint density at radius 2 is 0.803 bits per heavy atom. The van der Waals surface area contributed by atoms with E-state index in [1.165, 1.54) is 36.4 Å². The third-order valence-electron chi connectivity index (χ3n) is 13.0. The molecule has 0 aliphatic heterocycles. The molecule has 0 amide bonds. The van der Waals surface area contributed by atoms with Crippen LogP contribution in [-0.4, -0.2) is 19.1 Å². The van der Waals surface area contributed by atoms with Crippen LogP contribution in [0.4, 0.5) is 35.1 Å². The highest BCUT2D eigenvalue weighted by atomic mass is 19.3. The van der Waals surface area contributed by atoms with Crippen LogP contribution in [-0.2, 0) is 0 Å². The third kappa shape index (κ3) is 12.5. The molecule has 2 nitrogen and oxygen atoms in total. The van der Waals surface area contributed by atoms with E-state index in [0.717, 1.165) is 63.5 Å². The topological polar surface area (TPSA) is 18.5 Å². The fraction of sp³-hybridized carbons (Fsp3) is 0.529. The molecule has 2 aliphatic carbocycles. The Labute approximate surface area is 356 Å². The predicted molar refractivity (Wildman–Crippen MR) is 226 cm³/mol. The van der Waals surface area contributed by atoms with Crippen molar-refractivity contribution in [1.82, 2.24) is 0 Å². The molecule has 2 fully saturated rings. The van der Waals surface area contributed by atoms with Gasteiger partial charge in [-0.15, -0.1) is 0 Å². The number of alkyl halides is 2. The Balaban J connectivity index is 0.822. The van der Waals surface area contributed by atoms with Crippen LogP contribution in [0.3, 0.4) is 0 Å². The summed E-state index contributed by atoms with van der Waals surface area (Å²) in [7, 11) is 0. The van der Waals surface area contributed by atoms with E-state index in [1.807, 2.05) is 0 Å². The monoisotopic (exact) mass is 856 g/mol. The van der Waals surface area contributed by atoms with E-state index < -0.39 is 40.8 Å². The van der Waals surface area contributed by atoms with Gasteiger partial charge in [0.25, 0.3) is 0 Å². The van der Waals surface area contributed by atoms with Gasteiger partial charge in [-0.05, 0) is 110 Å². The van der Waals surface area contributed by atoms with Crippen molar-refractivity contribution < 1.29 is 44.6 Å². The van der Waals surface area contributed by atoms with E-state index in [2.05, 4.69) is 13.8 Å². The van der Waals surface area contributed by atoms with Gasteiger partial charge in [0.15, 0.2) is 23.3 Å². The fourth-order valence-electron chi connectivity index (χ4n) is 9.11. The molecule has 332 valence electrons. The Kier molecular flexibility index (Phi) is 16.6. The van der Waals surface area contributed by atoms with Crippen LogP contribution in [0, 0.1) is 46.7 Å². The molecule has 0 saturated heterocycles. The van der Waals surface area contributed by atoms with Crippen molar-refractivity contribution >= 4 is 0 Å². The summed E-state index contributed by atoms with van der Waals surface area (Å²) in [4.78, 5) is 0. The van der Waals surface area contributed by atoms with E-state index >= 15 is 26.3 Å². The first-order chi connectivity index (χ1) is 29.3. The average Bonchev–Trinajstić information content (AvgIpc) is 3.23. The van der Waals surface area contributed by atoms with E-state index in [1.54, 1.807) is 12.1 Å². The summed E-state index contributed by atoms with van der Waals surface area (Å²) in [5.74, 6) is -6.49. The second-order valence-electron chi connectivity index (χ2n) is 17.7. The quantitative estimate of drug-likeness (QED) is 0.0651. The van der Waals surface area contributed by atoms with E-state index in [-0.39, 0.29) is 71.6 Å². The SMILES string of the molecule is CC1CCC(c2ccc(-c3ccc(OCCCCCCC(F)(F)CCCCCCOc4ccc(-c5ccc(C6CCC(C)CC6)c(F)c5F)c(F)c4)cc3F)c(F)c2F)CC1. The van der Waals surface area contributed by atoms with Crippen LogP contribution in [0.25, 0.3) is 22.3 Å². The number of hydrogen-bond acceptors (Lipinski definition) is 2. The smallest absolute Gasteiger partial charge is 0.248 e. The lowest BCUT2D eigenvalue weighted by Crippen LogP contribution is -2.15. The van der Waals surface area contributed by atoms with Crippen LogP contribution < -0.4 is 9.47 Å². The van der Waals surface area contributed by atoms with Gasteiger partial charge in [0.2, 0.25) is 5.92 Å². The standard InChI is InChI=1S/C51H60F8O2/c1-33-11-15-35(16-12-33)39-23-25-43(49(56)47(39)54)41-21-19-37(31-45(41)52)60-29-9-5-3-7-27-51(58,59)28-8-4-6-10-30-61-38-20-22-42(46(53)32-38)44-26-24-40(48(55)50(44)57)36-17-13-34(2)14-18-36/h19-26,31-36H,3-18,27-30H2,1-2H3. The summed E-state index contributed by atoms with van der Waals surface area (Å²) in [6.07, 6.45) is 11.2. The van der Waals surface area contributed by atoms with Crippen LogP contribution in [0.1, 0.15) is 152 Å². The van der Waals surface area contributed by atoms with Crippen molar-refractivity contribution in [2.24, 2.45) is 11.8 Å². The first-order valence-corrected chi connectivity index (χ1v) is 22.5. The molecule has 0 heterocycles. The highest BCUT2D eigenvalue weighted by molar-refractivity contribution is 5.67. The van der Waals surface area contributed by atoms with Crippen molar-refractivity contribution in [3.8, 4) is 33.8 Å².